The third-order valence-corrected chi connectivity index (χ3v) is 2.10. The molecule has 0 spiro atoms. The predicted octanol–water partition coefficient (Wildman–Crippen LogP) is 3.29. The van der Waals surface area contributed by atoms with Crippen molar-refractivity contribution in [3.63, 3.8) is 0 Å². The van der Waals surface area contributed by atoms with E-state index < -0.39 is 11.6 Å². The summed E-state index contributed by atoms with van der Waals surface area (Å²) in [7, 11) is 1.52. The molecule has 0 aliphatic carbocycles. The molecule has 0 bridgehead atoms. The minimum absolute atomic E-state index is 0.398. The first-order valence-corrected chi connectivity index (χ1v) is 5.42. The molecule has 0 N–H and O–H groups in total. The quantitative estimate of drug-likeness (QED) is 0.753. The third kappa shape index (κ3) is 3.34. The van der Waals surface area contributed by atoms with Gasteiger partial charge < -0.3 is 9.47 Å². The lowest BCUT2D eigenvalue weighted by Crippen LogP contribution is -2.24. The van der Waals surface area contributed by atoms with Crippen molar-refractivity contribution >= 4 is 12.0 Å². The Morgan fingerprint density at radius 2 is 2.00 bits per heavy atom. The van der Waals surface area contributed by atoms with Gasteiger partial charge in [0.2, 0.25) is 0 Å². The van der Waals surface area contributed by atoms with Crippen molar-refractivity contribution in [2.24, 2.45) is 0 Å². The molecule has 0 fully saturated rings. The Kier molecular flexibility index (Phi) is 3.94. The average molecular weight is 234 g/mol. The van der Waals surface area contributed by atoms with E-state index in [1.807, 2.05) is 26.8 Å². The Balaban J connectivity index is 3.19. The van der Waals surface area contributed by atoms with Crippen LogP contribution in [0.3, 0.4) is 0 Å². The molecular formula is C14H18O3. The fraction of sp³-hybridized carbons (Fsp3) is 0.357. The summed E-state index contributed by atoms with van der Waals surface area (Å²) in [6.07, 6.45) is 1.61. The molecule has 0 unspecified atom stereocenters. The van der Waals surface area contributed by atoms with Crippen molar-refractivity contribution in [3.8, 4) is 5.75 Å². The van der Waals surface area contributed by atoms with Gasteiger partial charge in [-0.15, -0.1) is 0 Å². The van der Waals surface area contributed by atoms with E-state index in [4.69, 9.17) is 9.47 Å². The van der Waals surface area contributed by atoms with Gasteiger partial charge >= 0.3 is 5.97 Å². The van der Waals surface area contributed by atoms with Crippen LogP contribution in [-0.2, 0) is 4.74 Å². The van der Waals surface area contributed by atoms with Gasteiger partial charge in [-0.2, -0.15) is 0 Å². The first kappa shape index (κ1) is 13.3. The van der Waals surface area contributed by atoms with Gasteiger partial charge in [-0.25, -0.2) is 4.79 Å². The Morgan fingerprint density at radius 3 is 2.47 bits per heavy atom. The van der Waals surface area contributed by atoms with Crippen LogP contribution in [0.4, 0.5) is 0 Å². The second kappa shape index (κ2) is 5.04. The van der Waals surface area contributed by atoms with Crippen LogP contribution in [0.15, 0.2) is 24.8 Å². The highest BCUT2D eigenvalue weighted by Gasteiger charge is 2.22. The van der Waals surface area contributed by atoms with Gasteiger partial charge in [0.05, 0.1) is 7.11 Å². The number of esters is 1. The molecule has 0 saturated carbocycles. The highest BCUT2D eigenvalue weighted by Crippen LogP contribution is 2.25. The molecule has 0 aliphatic heterocycles. The molecule has 92 valence electrons. The van der Waals surface area contributed by atoms with E-state index in [1.54, 1.807) is 18.2 Å². The van der Waals surface area contributed by atoms with Gasteiger partial charge in [-0.1, -0.05) is 24.8 Å². The first-order chi connectivity index (χ1) is 7.89. The van der Waals surface area contributed by atoms with Crippen LogP contribution < -0.4 is 4.74 Å². The lowest BCUT2D eigenvalue weighted by molar-refractivity contribution is 0.00663. The number of carbonyl (C=O) groups excluding carboxylic acids is 1. The largest absolute Gasteiger partial charge is 0.496 e. The van der Waals surface area contributed by atoms with Crippen molar-refractivity contribution in [3.05, 3.63) is 35.9 Å². The molecule has 1 aromatic carbocycles. The van der Waals surface area contributed by atoms with E-state index in [1.165, 1.54) is 7.11 Å². The average Bonchev–Trinajstić information content (AvgIpc) is 2.25. The Hall–Kier alpha value is -1.77. The van der Waals surface area contributed by atoms with Gasteiger partial charge in [0.25, 0.3) is 0 Å². The van der Waals surface area contributed by atoms with E-state index >= 15 is 0 Å². The number of benzene rings is 1. The summed E-state index contributed by atoms with van der Waals surface area (Å²) in [5.74, 6) is 0.0986. The molecule has 1 aromatic rings. The zero-order valence-corrected chi connectivity index (χ0v) is 10.7. The Labute approximate surface area is 102 Å². The zero-order chi connectivity index (χ0) is 13.1. The SMILES string of the molecule is C=Cc1cccc(OC)c1C(=O)OC(C)(C)C. The van der Waals surface area contributed by atoms with Crippen molar-refractivity contribution in [1.82, 2.24) is 0 Å². The van der Waals surface area contributed by atoms with Crippen LogP contribution in [0.2, 0.25) is 0 Å². The fourth-order valence-electron chi connectivity index (χ4n) is 1.44. The minimum Gasteiger partial charge on any atom is -0.496 e. The van der Waals surface area contributed by atoms with Crippen LogP contribution in [0.1, 0.15) is 36.7 Å². The van der Waals surface area contributed by atoms with Crippen LogP contribution in [0.25, 0.3) is 6.08 Å². The maximum atomic E-state index is 12.1. The fourth-order valence-corrected chi connectivity index (χ4v) is 1.44. The monoisotopic (exact) mass is 234 g/mol. The standard InChI is InChI=1S/C14H18O3/c1-6-10-8-7-9-11(16-5)12(10)13(15)17-14(2,3)4/h6-9H,1H2,2-5H3. The summed E-state index contributed by atoms with van der Waals surface area (Å²) in [5, 5.41) is 0. The second-order valence-electron chi connectivity index (χ2n) is 4.63. The van der Waals surface area contributed by atoms with Gasteiger partial charge in [0, 0.05) is 0 Å². The predicted molar refractivity (Wildman–Crippen MR) is 68.3 cm³/mol. The molecule has 0 saturated heterocycles. The Bertz CT molecular complexity index is 428. The summed E-state index contributed by atoms with van der Waals surface area (Å²) >= 11 is 0. The van der Waals surface area contributed by atoms with Crippen molar-refractivity contribution in [1.29, 1.82) is 0 Å². The zero-order valence-electron chi connectivity index (χ0n) is 10.7. The molecule has 0 amide bonds. The number of rotatable bonds is 3. The molecular weight excluding hydrogens is 216 g/mol. The van der Waals surface area contributed by atoms with Gasteiger partial charge in [0.1, 0.15) is 16.9 Å². The number of hydrogen-bond donors (Lipinski definition) is 0. The van der Waals surface area contributed by atoms with E-state index in [-0.39, 0.29) is 0 Å². The molecule has 0 atom stereocenters. The summed E-state index contributed by atoms with van der Waals surface area (Å²) in [5.41, 5.74) is 0.592. The first-order valence-electron chi connectivity index (χ1n) is 5.42. The van der Waals surface area contributed by atoms with Crippen molar-refractivity contribution < 1.29 is 14.3 Å². The highest BCUT2D eigenvalue weighted by molar-refractivity contribution is 5.96. The molecule has 0 aliphatic rings. The number of ether oxygens (including phenoxy) is 2. The summed E-state index contributed by atoms with van der Waals surface area (Å²) in [4.78, 5) is 12.1. The van der Waals surface area contributed by atoms with Gasteiger partial charge in [-0.3, -0.25) is 0 Å². The third-order valence-electron chi connectivity index (χ3n) is 2.10. The normalized spacial score (nSPS) is 10.8. The number of carbonyl (C=O) groups is 1. The van der Waals surface area contributed by atoms with Crippen LogP contribution >= 0.6 is 0 Å². The lowest BCUT2D eigenvalue weighted by atomic mass is 10.1. The molecule has 0 radical (unpaired) electrons. The molecule has 3 heteroatoms. The number of hydrogen-bond acceptors (Lipinski definition) is 3. The summed E-state index contributed by atoms with van der Waals surface area (Å²) in [6, 6.07) is 5.34. The maximum absolute atomic E-state index is 12.1. The van der Waals surface area contributed by atoms with Crippen molar-refractivity contribution in [2.75, 3.05) is 7.11 Å². The van der Waals surface area contributed by atoms with E-state index in [2.05, 4.69) is 6.58 Å². The minimum atomic E-state index is -0.531. The van der Waals surface area contributed by atoms with Crippen LogP contribution in [0.5, 0.6) is 5.75 Å². The highest BCUT2D eigenvalue weighted by atomic mass is 16.6. The van der Waals surface area contributed by atoms with Gasteiger partial charge in [0.15, 0.2) is 0 Å². The molecule has 3 nitrogen and oxygen atoms in total. The molecule has 1 rings (SSSR count). The van der Waals surface area contributed by atoms with E-state index in [9.17, 15) is 4.79 Å². The van der Waals surface area contributed by atoms with Gasteiger partial charge in [-0.05, 0) is 32.4 Å². The van der Waals surface area contributed by atoms with E-state index in [0.29, 0.717) is 16.9 Å². The molecule has 0 aromatic heterocycles. The summed E-state index contributed by atoms with van der Waals surface area (Å²) in [6.45, 7) is 9.16. The molecule has 17 heavy (non-hydrogen) atoms. The Morgan fingerprint density at radius 1 is 1.35 bits per heavy atom. The van der Waals surface area contributed by atoms with E-state index in [0.717, 1.165) is 0 Å². The smallest absolute Gasteiger partial charge is 0.343 e. The van der Waals surface area contributed by atoms with Crippen LogP contribution in [0, 0.1) is 0 Å². The van der Waals surface area contributed by atoms with Crippen molar-refractivity contribution in [2.45, 2.75) is 26.4 Å². The maximum Gasteiger partial charge on any atom is 0.343 e. The topological polar surface area (TPSA) is 35.5 Å². The number of methoxy groups -OCH3 is 1. The summed E-state index contributed by atoms with van der Waals surface area (Å²) < 4.78 is 10.5. The lowest BCUT2D eigenvalue weighted by Gasteiger charge is -2.21. The molecule has 0 heterocycles. The second-order valence-corrected chi connectivity index (χ2v) is 4.63. The van der Waals surface area contributed by atoms with Crippen LogP contribution in [-0.4, -0.2) is 18.7 Å².